The quantitative estimate of drug-likeness (QED) is 0.121. The number of rotatable bonds is 10. The van der Waals surface area contributed by atoms with Crippen LogP contribution < -0.4 is 9.47 Å². The van der Waals surface area contributed by atoms with Crippen LogP contribution >= 0.6 is 0 Å². The zero-order valence-electron chi connectivity index (χ0n) is 25.4. The first-order chi connectivity index (χ1) is 23.1. The number of halogens is 11. The molecule has 0 heterocycles. The predicted octanol–water partition coefficient (Wildman–Crippen LogP) is 12.1. The van der Waals surface area contributed by atoms with E-state index in [0.29, 0.717) is 18.1 Å². The lowest BCUT2D eigenvalue weighted by Gasteiger charge is -2.28. The third-order valence-electron chi connectivity index (χ3n) is 8.45. The number of alkyl halides is 5. The van der Waals surface area contributed by atoms with Gasteiger partial charge in [-0.1, -0.05) is 30.3 Å². The van der Waals surface area contributed by atoms with Crippen LogP contribution in [0.25, 0.3) is 22.3 Å². The van der Waals surface area contributed by atoms with Gasteiger partial charge in [0.05, 0.1) is 0 Å². The summed E-state index contributed by atoms with van der Waals surface area (Å²) in [7, 11) is 0. The lowest BCUT2D eigenvalue weighted by Crippen LogP contribution is -2.25. The van der Waals surface area contributed by atoms with Crippen LogP contribution in [-0.2, 0) is 6.11 Å². The molecule has 4 aromatic rings. The van der Waals surface area contributed by atoms with Crippen molar-refractivity contribution in [2.45, 2.75) is 56.9 Å². The molecule has 0 saturated heterocycles. The SMILES string of the molecule is C=CCCC1CCC(c2ccc(-c3ccc(-c4cc(F)c(C(F)(F)Oc5cc(F)c(OC(F)(F)F)c(F)c5)c(F)c4)c(F)c3)c(F)c2)CC1. The molecule has 260 valence electrons. The van der Waals surface area contributed by atoms with Gasteiger partial charge in [0.2, 0.25) is 5.75 Å². The molecule has 5 rings (SSSR count). The molecular formula is C36H27F11O2. The first kappa shape index (κ1) is 35.7. The van der Waals surface area contributed by atoms with Crippen molar-refractivity contribution in [3.8, 4) is 33.8 Å². The van der Waals surface area contributed by atoms with Gasteiger partial charge in [0.1, 0.15) is 34.6 Å². The highest BCUT2D eigenvalue weighted by atomic mass is 19.4. The molecule has 1 saturated carbocycles. The van der Waals surface area contributed by atoms with E-state index in [1.807, 2.05) is 6.08 Å². The molecule has 4 aromatic carbocycles. The van der Waals surface area contributed by atoms with Crippen LogP contribution in [0.15, 0.2) is 73.3 Å². The Kier molecular flexibility index (Phi) is 10.3. The van der Waals surface area contributed by atoms with E-state index in [-0.39, 0.29) is 29.2 Å². The number of ether oxygens (including phenoxy) is 2. The Morgan fingerprint density at radius 3 is 1.73 bits per heavy atom. The topological polar surface area (TPSA) is 18.5 Å². The molecule has 1 aliphatic rings. The number of allylic oxidation sites excluding steroid dienone is 1. The van der Waals surface area contributed by atoms with E-state index in [0.717, 1.165) is 56.2 Å². The number of benzene rings is 4. The van der Waals surface area contributed by atoms with E-state index in [9.17, 15) is 39.5 Å². The standard InChI is InChI=1S/C36H27F11O2/c1-2-3-4-19-5-7-20(8-6-19)21-9-11-25(27(37)13-21)22-10-12-26(28(38)14-22)23-15-29(39)33(30(40)16-23)35(43,44)48-24-17-31(41)34(32(42)18-24)49-36(45,46)47/h2,9-20H,1,3-8H2. The Balaban J connectivity index is 1.34. The molecule has 13 heteroatoms. The molecule has 1 fully saturated rings. The molecular weight excluding hydrogens is 673 g/mol. The second-order valence-electron chi connectivity index (χ2n) is 11.7. The van der Waals surface area contributed by atoms with Crippen LogP contribution in [0.2, 0.25) is 0 Å². The Bertz CT molecular complexity index is 1800. The fourth-order valence-electron chi connectivity index (χ4n) is 6.09. The molecule has 0 bridgehead atoms. The summed E-state index contributed by atoms with van der Waals surface area (Å²) in [4.78, 5) is 0. The van der Waals surface area contributed by atoms with Crippen molar-refractivity contribution >= 4 is 0 Å². The summed E-state index contributed by atoms with van der Waals surface area (Å²) in [5, 5.41) is 0. The summed E-state index contributed by atoms with van der Waals surface area (Å²) in [5.41, 5.74) is -1.96. The molecule has 1 aliphatic carbocycles. The Morgan fingerprint density at radius 1 is 0.633 bits per heavy atom. The van der Waals surface area contributed by atoms with Crippen LogP contribution in [0.1, 0.15) is 55.6 Å². The van der Waals surface area contributed by atoms with E-state index in [4.69, 9.17) is 0 Å². The van der Waals surface area contributed by atoms with Gasteiger partial charge in [0.15, 0.2) is 11.6 Å². The van der Waals surface area contributed by atoms with Gasteiger partial charge in [-0.2, -0.15) is 8.78 Å². The molecule has 0 aromatic heterocycles. The zero-order valence-corrected chi connectivity index (χ0v) is 25.4. The second-order valence-corrected chi connectivity index (χ2v) is 11.7. The van der Waals surface area contributed by atoms with Gasteiger partial charge < -0.3 is 9.47 Å². The van der Waals surface area contributed by atoms with E-state index >= 15 is 8.78 Å². The van der Waals surface area contributed by atoms with Crippen molar-refractivity contribution < 1.29 is 57.8 Å². The number of hydrogen-bond acceptors (Lipinski definition) is 2. The first-order valence-corrected chi connectivity index (χ1v) is 15.1. The van der Waals surface area contributed by atoms with Gasteiger partial charge in [-0.05, 0) is 91.3 Å². The zero-order chi connectivity index (χ0) is 35.7. The maximum Gasteiger partial charge on any atom is 0.573 e. The fraction of sp³-hybridized carbons (Fsp3) is 0.278. The average molecular weight is 701 g/mol. The smallest absolute Gasteiger partial charge is 0.429 e. The maximum absolute atomic E-state index is 15.2. The molecule has 2 nitrogen and oxygen atoms in total. The average Bonchev–Trinajstić information content (AvgIpc) is 3.01. The lowest BCUT2D eigenvalue weighted by molar-refractivity contribution is -0.276. The van der Waals surface area contributed by atoms with Gasteiger partial charge in [-0.3, -0.25) is 0 Å². The summed E-state index contributed by atoms with van der Waals surface area (Å²) in [6, 6.07) is 8.52. The normalized spacial score (nSPS) is 16.8. The van der Waals surface area contributed by atoms with Crippen molar-refractivity contribution in [2.24, 2.45) is 5.92 Å². The van der Waals surface area contributed by atoms with Crippen LogP contribution in [0, 0.1) is 40.8 Å². The monoisotopic (exact) mass is 700 g/mol. The third kappa shape index (κ3) is 8.19. The molecule has 0 spiro atoms. The van der Waals surface area contributed by atoms with Gasteiger partial charge in [-0.25, -0.2) is 26.3 Å². The summed E-state index contributed by atoms with van der Waals surface area (Å²) in [6.07, 6.45) is -2.66. The van der Waals surface area contributed by atoms with Crippen molar-refractivity contribution in [3.05, 3.63) is 119 Å². The molecule has 49 heavy (non-hydrogen) atoms. The summed E-state index contributed by atoms with van der Waals surface area (Å²) in [5.74, 6) is -12.3. The summed E-state index contributed by atoms with van der Waals surface area (Å²) >= 11 is 0. The maximum atomic E-state index is 15.2. The van der Waals surface area contributed by atoms with E-state index in [1.54, 1.807) is 6.07 Å². The van der Waals surface area contributed by atoms with Gasteiger partial charge in [0.25, 0.3) is 0 Å². The number of hydrogen-bond donors (Lipinski definition) is 0. The second kappa shape index (κ2) is 14.1. The van der Waals surface area contributed by atoms with E-state index in [1.165, 1.54) is 18.2 Å². The third-order valence-corrected chi connectivity index (χ3v) is 8.45. The minimum atomic E-state index is -5.52. The molecule has 0 N–H and O–H groups in total. The van der Waals surface area contributed by atoms with Crippen molar-refractivity contribution in [1.29, 1.82) is 0 Å². The first-order valence-electron chi connectivity index (χ1n) is 15.1. The molecule has 0 radical (unpaired) electrons. The molecule has 0 unspecified atom stereocenters. The minimum absolute atomic E-state index is 0.0734. The van der Waals surface area contributed by atoms with Crippen LogP contribution in [-0.4, -0.2) is 6.36 Å². The highest BCUT2D eigenvalue weighted by Gasteiger charge is 2.42. The largest absolute Gasteiger partial charge is 0.573 e. The summed E-state index contributed by atoms with van der Waals surface area (Å²) in [6.45, 7) is 3.75. The van der Waals surface area contributed by atoms with Gasteiger partial charge in [0, 0.05) is 23.3 Å². The lowest BCUT2D eigenvalue weighted by atomic mass is 9.77. The minimum Gasteiger partial charge on any atom is -0.429 e. The highest BCUT2D eigenvalue weighted by Crippen LogP contribution is 2.41. The van der Waals surface area contributed by atoms with E-state index in [2.05, 4.69) is 16.1 Å². The van der Waals surface area contributed by atoms with Crippen LogP contribution in [0.3, 0.4) is 0 Å². The predicted molar refractivity (Wildman–Crippen MR) is 159 cm³/mol. The van der Waals surface area contributed by atoms with Crippen molar-refractivity contribution in [1.82, 2.24) is 0 Å². The molecule has 0 aliphatic heterocycles. The fourth-order valence-corrected chi connectivity index (χ4v) is 6.09. The Morgan fingerprint density at radius 2 is 1.18 bits per heavy atom. The van der Waals surface area contributed by atoms with Crippen molar-refractivity contribution in [3.63, 3.8) is 0 Å². The highest BCUT2D eigenvalue weighted by molar-refractivity contribution is 5.72. The molecule has 0 atom stereocenters. The van der Waals surface area contributed by atoms with Gasteiger partial charge >= 0.3 is 12.5 Å². The van der Waals surface area contributed by atoms with Crippen LogP contribution in [0.5, 0.6) is 11.5 Å². The molecule has 0 amide bonds. The van der Waals surface area contributed by atoms with Crippen LogP contribution in [0.4, 0.5) is 48.3 Å². The Hall–Kier alpha value is -4.55. The summed E-state index contributed by atoms with van der Waals surface area (Å²) < 4.78 is 162. The van der Waals surface area contributed by atoms with Gasteiger partial charge in [-0.15, -0.1) is 19.8 Å². The Labute approximate surface area is 273 Å². The van der Waals surface area contributed by atoms with E-state index < -0.39 is 75.6 Å². The van der Waals surface area contributed by atoms with Crippen molar-refractivity contribution in [2.75, 3.05) is 0 Å².